The normalized spacial score (nSPS) is 12.7. The lowest BCUT2D eigenvalue weighted by atomic mass is 9.96. The molecular weight excluding hydrogens is 210 g/mol. The molecule has 1 rings (SSSR count). The number of benzene rings is 1. The summed E-state index contributed by atoms with van der Waals surface area (Å²) in [5, 5.41) is 3.41. The summed E-state index contributed by atoms with van der Waals surface area (Å²) in [6, 6.07) is 6.73. The molecule has 0 heterocycles. The lowest BCUT2D eigenvalue weighted by Crippen LogP contribution is -2.25. The highest BCUT2D eigenvalue weighted by Gasteiger charge is 2.05. The smallest absolute Gasteiger partial charge is 0.0587 e. The van der Waals surface area contributed by atoms with Crippen LogP contribution in [0.5, 0.6) is 0 Å². The molecular formula is C15H25NO. The van der Waals surface area contributed by atoms with Crippen molar-refractivity contribution in [2.45, 2.75) is 27.2 Å². The first-order valence-corrected chi connectivity index (χ1v) is 6.39. The van der Waals surface area contributed by atoms with Crippen LogP contribution in [0.1, 0.15) is 23.6 Å². The molecule has 0 saturated heterocycles. The molecule has 0 bridgehead atoms. The molecule has 0 fully saturated rings. The van der Waals surface area contributed by atoms with Crippen LogP contribution < -0.4 is 5.32 Å². The van der Waals surface area contributed by atoms with Crippen molar-refractivity contribution in [1.29, 1.82) is 0 Å². The number of nitrogens with one attached hydrogen (secondary N) is 1. The molecule has 1 N–H and O–H groups in total. The number of methoxy groups -OCH3 is 1. The highest BCUT2D eigenvalue weighted by molar-refractivity contribution is 5.30. The summed E-state index contributed by atoms with van der Waals surface area (Å²) in [4.78, 5) is 0. The van der Waals surface area contributed by atoms with Crippen LogP contribution in [0.3, 0.4) is 0 Å². The van der Waals surface area contributed by atoms with E-state index < -0.39 is 0 Å². The van der Waals surface area contributed by atoms with E-state index in [0.29, 0.717) is 5.92 Å². The van der Waals surface area contributed by atoms with Gasteiger partial charge in [0.05, 0.1) is 6.61 Å². The Kier molecular flexibility index (Phi) is 6.23. The first kappa shape index (κ1) is 14.2. The maximum absolute atomic E-state index is 5.01. The third-order valence-electron chi connectivity index (χ3n) is 3.04. The Balaban J connectivity index is 2.37. The molecule has 96 valence electrons. The second-order valence-corrected chi connectivity index (χ2v) is 4.94. The van der Waals surface area contributed by atoms with E-state index in [1.165, 1.54) is 16.7 Å². The Bertz CT molecular complexity index is 336. The van der Waals surface area contributed by atoms with E-state index >= 15 is 0 Å². The van der Waals surface area contributed by atoms with Gasteiger partial charge in [0.15, 0.2) is 0 Å². The fraction of sp³-hybridized carbons (Fsp3) is 0.600. The summed E-state index contributed by atoms with van der Waals surface area (Å²) < 4.78 is 5.01. The molecule has 0 spiro atoms. The number of hydrogen-bond acceptors (Lipinski definition) is 2. The van der Waals surface area contributed by atoms with E-state index in [0.717, 1.165) is 26.1 Å². The first-order valence-electron chi connectivity index (χ1n) is 6.39. The zero-order chi connectivity index (χ0) is 12.7. The van der Waals surface area contributed by atoms with Crippen molar-refractivity contribution in [1.82, 2.24) is 5.32 Å². The fourth-order valence-electron chi connectivity index (χ4n) is 2.05. The summed E-state index contributed by atoms with van der Waals surface area (Å²) in [7, 11) is 1.74. The van der Waals surface area contributed by atoms with Crippen molar-refractivity contribution in [2.24, 2.45) is 5.92 Å². The van der Waals surface area contributed by atoms with Crippen molar-refractivity contribution in [3.05, 3.63) is 34.9 Å². The van der Waals surface area contributed by atoms with E-state index in [2.05, 4.69) is 44.3 Å². The second-order valence-electron chi connectivity index (χ2n) is 4.94. The van der Waals surface area contributed by atoms with Crippen LogP contribution in [0.15, 0.2) is 18.2 Å². The van der Waals surface area contributed by atoms with Gasteiger partial charge in [-0.15, -0.1) is 0 Å². The van der Waals surface area contributed by atoms with E-state index in [1.807, 2.05) is 0 Å². The van der Waals surface area contributed by atoms with Gasteiger partial charge in [-0.3, -0.25) is 0 Å². The molecule has 1 unspecified atom stereocenters. The molecule has 0 aliphatic rings. The Hall–Kier alpha value is -0.860. The first-order chi connectivity index (χ1) is 8.13. The van der Waals surface area contributed by atoms with Crippen molar-refractivity contribution in [3.8, 4) is 0 Å². The molecule has 0 aliphatic heterocycles. The Morgan fingerprint density at radius 3 is 2.71 bits per heavy atom. The molecule has 0 amide bonds. The predicted molar refractivity (Wildman–Crippen MR) is 73.5 cm³/mol. The van der Waals surface area contributed by atoms with Crippen LogP contribution in [-0.4, -0.2) is 26.8 Å². The molecule has 1 atom stereocenters. The zero-order valence-corrected chi connectivity index (χ0v) is 11.5. The summed E-state index contributed by atoms with van der Waals surface area (Å²) in [5.74, 6) is 0.660. The number of rotatable bonds is 7. The SMILES string of the molecule is COCCNCC(C)Cc1ccc(C)cc1C. The predicted octanol–water partition coefficient (Wildman–Crippen LogP) is 2.72. The van der Waals surface area contributed by atoms with Gasteiger partial charge in [0.25, 0.3) is 0 Å². The monoisotopic (exact) mass is 235 g/mol. The van der Waals surface area contributed by atoms with Crippen LogP contribution in [-0.2, 0) is 11.2 Å². The lowest BCUT2D eigenvalue weighted by molar-refractivity contribution is 0.198. The molecule has 1 aromatic rings. The van der Waals surface area contributed by atoms with Gasteiger partial charge in [-0.1, -0.05) is 30.7 Å². The third-order valence-corrected chi connectivity index (χ3v) is 3.04. The van der Waals surface area contributed by atoms with Crippen molar-refractivity contribution in [3.63, 3.8) is 0 Å². The quantitative estimate of drug-likeness (QED) is 0.734. The minimum atomic E-state index is 0.660. The number of ether oxygens (including phenoxy) is 1. The molecule has 1 aromatic carbocycles. The minimum Gasteiger partial charge on any atom is -0.383 e. The Morgan fingerprint density at radius 1 is 1.29 bits per heavy atom. The van der Waals surface area contributed by atoms with Crippen LogP contribution in [0.4, 0.5) is 0 Å². The zero-order valence-electron chi connectivity index (χ0n) is 11.5. The van der Waals surface area contributed by atoms with Gasteiger partial charge in [-0.05, 0) is 43.9 Å². The molecule has 2 nitrogen and oxygen atoms in total. The van der Waals surface area contributed by atoms with Gasteiger partial charge in [0.1, 0.15) is 0 Å². The molecule has 2 heteroatoms. The van der Waals surface area contributed by atoms with Gasteiger partial charge in [0.2, 0.25) is 0 Å². The van der Waals surface area contributed by atoms with Crippen LogP contribution in [0.25, 0.3) is 0 Å². The average Bonchev–Trinajstić information content (AvgIpc) is 2.28. The van der Waals surface area contributed by atoms with Gasteiger partial charge in [-0.2, -0.15) is 0 Å². The largest absolute Gasteiger partial charge is 0.383 e. The standard InChI is InChI=1S/C15H25NO/c1-12-5-6-15(14(3)9-12)10-13(2)11-16-7-8-17-4/h5-6,9,13,16H,7-8,10-11H2,1-4H3. The Morgan fingerprint density at radius 2 is 2.06 bits per heavy atom. The van der Waals surface area contributed by atoms with Gasteiger partial charge in [0, 0.05) is 13.7 Å². The van der Waals surface area contributed by atoms with Crippen LogP contribution in [0, 0.1) is 19.8 Å². The topological polar surface area (TPSA) is 21.3 Å². The Labute approximate surface area is 105 Å². The van der Waals surface area contributed by atoms with E-state index in [9.17, 15) is 0 Å². The third kappa shape index (κ3) is 5.33. The van der Waals surface area contributed by atoms with Crippen molar-refractivity contribution < 1.29 is 4.74 Å². The van der Waals surface area contributed by atoms with E-state index in [1.54, 1.807) is 7.11 Å². The fourth-order valence-corrected chi connectivity index (χ4v) is 2.05. The maximum atomic E-state index is 5.01. The van der Waals surface area contributed by atoms with Gasteiger partial charge >= 0.3 is 0 Å². The summed E-state index contributed by atoms with van der Waals surface area (Å²) in [6.07, 6.45) is 1.14. The number of aryl methyl sites for hydroxylation is 2. The molecule has 0 saturated carbocycles. The van der Waals surface area contributed by atoms with Gasteiger partial charge in [-0.25, -0.2) is 0 Å². The molecule has 17 heavy (non-hydrogen) atoms. The van der Waals surface area contributed by atoms with Crippen LogP contribution in [0.2, 0.25) is 0 Å². The second kappa shape index (κ2) is 7.46. The lowest BCUT2D eigenvalue weighted by Gasteiger charge is -2.14. The summed E-state index contributed by atoms with van der Waals surface area (Å²) in [6.45, 7) is 9.42. The van der Waals surface area contributed by atoms with Crippen LogP contribution >= 0.6 is 0 Å². The highest BCUT2D eigenvalue weighted by atomic mass is 16.5. The molecule has 0 radical (unpaired) electrons. The average molecular weight is 235 g/mol. The summed E-state index contributed by atoms with van der Waals surface area (Å²) >= 11 is 0. The maximum Gasteiger partial charge on any atom is 0.0587 e. The van der Waals surface area contributed by atoms with Crippen molar-refractivity contribution in [2.75, 3.05) is 26.8 Å². The van der Waals surface area contributed by atoms with Crippen molar-refractivity contribution >= 4 is 0 Å². The van der Waals surface area contributed by atoms with E-state index in [-0.39, 0.29) is 0 Å². The minimum absolute atomic E-state index is 0.660. The highest BCUT2D eigenvalue weighted by Crippen LogP contribution is 2.14. The molecule has 0 aromatic heterocycles. The van der Waals surface area contributed by atoms with E-state index in [4.69, 9.17) is 4.74 Å². The van der Waals surface area contributed by atoms with Gasteiger partial charge < -0.3 is 10.1 Å². The molecule has 0 aliphatic carbocycles. The number of hydrogen-bond donors (Lipinski definition) is 1. The summed E-state index contributed by atoms with van der Waals surface area (Å²) in [5.41, 5.74) is 4.22.